The van der Waals surface area contributed by atoms with Crippen LogP contribution in [0.25, 0.3) is 0 Å². The van der Waals surface area contributed by atoms with Gasteiger partial charge in [-0.15, -0.1) is 0 Å². The minimum Gasteiger partial charge on any atom is -0.481 e. The topological polar surface area (TPSA) is 54.4 Å². The fourth-order valence-electron chi connectivity index (χ4n) is 1.60. The molecule has 0 spiro atoms. The number of hydrogen-bond donors (Lipinski definition) is 1. The molecule has 0 saturated carbocycles. The summed E-state index contributed by atoms with van der Waals surface area (Å²) in [7, 11) is 0. The standard InChI is InChI=1S/C13H14Cl2O3/c1-7(2)9(13(17)18)6-12(16)8-3-4-10(14)11(15)5-8/h3-5,7,9H,6H2,1-2H3,(H,17,18). The van der Waals surface area contributed by atoms with Gasteiger partial charge in [-0.05, 0) is 24.1 Å². The fourth-order valence-corrected chi connectivity index (χ4v) is 1.89. The lowest BCUT2D eigenvalue weighted by molar-refractivity contribution is -0.143. The summed E-state index contributed by atoms with van der Waals surface area (Å²) in [5.74, 6) is -1.99. The third-order valence-electron chi connectivity index (χ3n) is 2.77. The van der Waals surface area contributed by atoms with Gasteiger partial charge in [-0.2, -0.15) is 0 Å². The minimum absolute atomic E-state index is 0.0367. The van der Waals surface area contributed by atoms with Gasteiger partial charge >= 0.3 is 5.97 Å². The van der Waals surface area contributed by atoms with Gasteiger partial charge in [-0.3, -0.25) is 9.59 Å². The van der Waals surface area contributed by atoms with Crippen molar-refractivity contribution in [2.45, 2.75) is 20.3 Å². The van der Waals surface area contributed by atoms with Crippen molar-refractivity contribution in [2.24, 2.45) is 11.8 Å². The van der Waals surface area contributed by atoms with Crippen LogP contribution in [0.4, 0.5) is 0 Å². The molecule has 0 saturated heterocycles. The maximum absolute atomic E-state index is 12.0. The molecule has 0 amide bonds. The van der Waals surface area contributed by atoms with Crippen LogP contribution in [0.2, 0.25) is 10.0 Å². The Labute approximate surface area is 116 Å². The Hall–Kier alpha value is -1.06. The summed E-state index contributed by atoms with van der Waals surface area (Å²) in [5, 5.41) is 9.70. The Kier molecular flexibility index (Phi) is 5.17. The average molecular weight is 289 g/mol. The fraction of sp³-hybridized carbons (Fsp3) is 0.385. The van der Waals surface area contributed by atoms with Crippen LogP contribution in [0.15, 0.2) is 18.2 Å². The number of hydrogen-bond acceptors (Lipinski definition) is 2. The molecule has 3 nitrogen and oxygen atoms in total. The monoisotopic (exact) mass is 288 g/mol. The molecule has 0 aliphatic heterocycles. The summed E-state index contributed by atoms with van der Waals surface area (Å²) in [6.45, 7) is 3.56. The smallest absolute Gasteiger partial charge is 0.307 e. The number of carbonyl (C=O) groups is 2. The lowest BCUT2D eigenvalue weighted by Crippen LogP contribution is -2.23. The van der Waals surface area contributed by atoms with E-state index in [0.29, 0.717) is 15.6 Å². The Balaban J connectivity index is 2.87. The molecule has 0 aliphatic carbocycles. The second-order valence-corrected chi connectivity index (χ2v) is 5.26. The molecule has 0 radical (unpaired) electrons. The van der Waals surface area contributed by atoms with Gasteiger partial charge in [-0.25, -0.2) is 0 Å². The van der Waals surface area contributed by atoms with E-state index in [1.165, 1.54) is 12.1 Å². The Morgan fingerprint density at radius 2 is 1.83 bits per heavy atom. The quantitative estimate of drug-likeness (QED) is 0.836. The number of ketones is 1. The number of benzene rings is 1. The van der Waals surface area contributed by atoms with Crippen LogP contribution in [0, 0.1) is 11.8 Å². The third-order valence-corrected chi connectivity index (χ3v) is 3.51. The molecule has 1 aromatic carbocycles. The largest absolute Gasteiger partial charge is 0.481 e. The summed E-state index contributed by atoms with van der Waals surface area (Å²) in [6, 6.07) is 4.55. The van der Waals surface area contributed by atoms with Crippen molar-refractivity contribution < 1.29 is 14.7 Å². The van der Waals surface area contributed by atoms with Gasteiger partial charge in [0.05, 0.1) is 16.0 Å². The Morgan fingerprint density at radius 1 is 1.22 bits per heavy atom. The zero-order valence-electron chi connectivity index (χ0n) is 10.1. The molecule has 1 aromatic rings. The molecular weight excluding hydrogens is 275 g/mol. The van der Waals surface area contributed by atoms with E-state index in [0.717, 1.165) is 0 Å². The highest BCUT2D eigenvalue weighted by molar-refractivity contribution is 6.42. The first kappa shape index (κ1) is 15.0. The zero-order valence-corrected chi connectivity index (χ0v) is 11.6. The first-order chi connectivity index (χ1) is 8.32. The maximum atomic E-state index is 12.0. The lowest BCUT2D eigenvalue weighted by Gasteiger charge is -2.15. The Bertz CT molecular complexity index is 469. The van der Waals surface area contributed by atoms with E-state index in [1.807, 2.05) is 0 Å². The normalized spacial score (nSPS) is 12.5. The highest BCUT2D eigenvalue weighted by Crippen LogP contribution is 2.25. The first-order valence-corrected chi connectivity index (χ1v) is 6.29. The molecule has 18 heavy (non-hydrogen) atoms. The number of halogens is 2. The zero-order chi connectivity index (χ0) is 13.9. The van der Waals surface area contributed by atoms with Crippen LogP contribution in [0.3, 0.4) is 0 Å². The molecule has 0 bridgehead atoms. The number of carbonyl (C=O) groups excluding carboxylic acids is 1. The molecule has 1 atom stereocenters. The van der Waals surface area contributed by atoms with Crippen molar-refractivity contribution in [3.05, 3.63) is 33.8 Å². The molecule has 0 aliphatic rings. The van der Waals surface area contributed by atoms with E-state index in [2.05, 4.69) is 0 Å². The third kappa shape index (κ3) is 3.72. The van der Waals surface area contributed by atoms with E-state index in [1.54, 1.807) is 19.9 Å². The van der Waals surface area contributed by atoms with Crippen LogP contribution < -0.4 is 0 Å². The van der Waals surface area contributed by atoms with Crippen molar-refractivity contribution in [3.8, 4) is 0 Å². The Morgan fingerprint density at radius 3 is 2.28 bits per heavy atom. The molecule has 0 fully saturated rings. The molecule has 98 valence electrons. The van der Waals surface area contributed by atoms with Gasteiger partial charge in [0.25, 0.3) is 0 Å². The average Bonchev–Trinajstić information content (AvgIpc) is 2.28. The van der Waals surface area contributed by atoms with E-state index < -0.39 is 11.9 Å². The van der Waals surface area contributed by atoms with Crippen molar-refractivity contribution in [3.63, 3.8) is 0 Å². The van der Waals surface area contributed by atoms with Gasteiger partial charge in [-0.1, -0.05) is 37.0 Å². The number of carboxylic acids is 1. The van der Waals surface area contributed by atoms with E-state index in [-0.39, 0.29) is 18.1 Å². The number of aliphatic carboxylic acids is 1. The van der Waals surface area contributed by atoms with Crippen molar-refractivity contribution in [1.29, 1.82) is 0 Å². The molecular formula is C13H14Cl2O3. The first-order valence-electron chi connectivity index (χ1n) is 5.54. The van der Waals surface area contributed by atoms with Crippen LogP contribution in [0.5, 0.6) is 0 Å². The number of carboxylic acid groups (broad SMARTS) is 1. The SMILES string of the molecule is CC(C)C(CC(=O)c1ccc(Cl)c(Cl)c1)C(=O)O. The van der Waals surface area contributed by atoms with E-state index in [4.69, 9.17) is 28.3 Å². The van der Waals surface area contributed by atoms with E-state index >= 15 is 0 Å². The van der Waals surface area contributed by atoms with Crippen LogP contribution >= 0.6 is 23.2 Å². The van der Waals surface area contributed by atoms with Gasteiger partial charge in [0, 0.05) is 12.0 Å². The molecule has 5 heteroatoms. The van der Waals surface area contributed by atoms with Crippen LogP contribution in [0.1, 0.15) is 30.6 Å². The molecule has 0 heterocycles. The molecule has 1 N–H and O–H groups in total. The van der Waals surface area contributed by atoms with Gasteiger partial charge in [0.2, 0.25) is 0 Å². The molecule has 0 aromatic heterocycles. The van der Waals surface area contributed by atoms with Crippen molar-refractivity contribution in [2.75, 3.05) is 0 Å². The molecule has 1 rings (SSSR count). The van der Waals surface area contributed by atoms with Crippen molar-refractivity contribution >= 4 is 35.0 Å². The number of rotatable bonds is 5. The number of Topliss-reactive ketones (excluding diaryl/α,β-unsaturated/α-hetero) is 1. The van der Waals surface area contributed by atoms with Crippen LogP contribution in [-0.4, -0.2) is 16.9 Å². The highest BCUT2D eigenvalue weighted by atomic mass is 35.5. The van der Waals surface area contributed by atoms with Crippen molar-refractivity contribution in [1.82, 2.24) is 0 Å². The summed E-state index contributed by atoms with van der Waals surface area (Å²) in [5.41, 5.74) is 0.385. The lowest BCUT2D eigenvalue weighted by atomic mass is 9.89. The predicted octanol–water partition coefficient (Wildman–Crippen LogP) is 3.92. The molecule has 1 unspecified atom stereocenters. The maximum Gasteiger partial charge on any atom is 0.307 e. The van der Waals surface area contributed by atoms with Gasteiger partial charge < -0.3 is 5.11 Å². The summed E-state index contributed by atoms with van der Waals surface area (Å²) >= 11 is 11.6. The van der Waals surface area contributed by atoms with Crippen LogP contribution in [-0.2, 0) is 4.79 Å². The second-order valence-electron chi connectivity index (χ2n) is 4.44. The highest BCUT2D eigenvalue weighted by Gasteiger charge is 2.25. The second kappa shape index (κ2) is 6.21. The minimum atomic E-state index is -0.960. The van der Waals surface area contributed by atoms with Gasteiger partial charge in [0.1, 0.15) is 0 Å². The van der Waals surface area contributed by atoms with Gasteiger partial charge in [0.15, 0.2) is 5.78 Å². The van der Waals surface area contributed by atoms with E-state index in [9.17, 15) is 9.59 Å². The summed E-state index contributed by atoms with van der Waals surface area (Å²) < 4.78 is 0. The predicted molar refractivity (Wildman–Crippen MR) is 71.4 cm³/mol. The summed E-state index contributed by atoms with van der Waals surface area (Å²) in [6.07, 6.45) is -0.0367. The summed E-state index contributed by atoms with van der Waals surface area (Å²) in [4.78, 5) is 23.0.